The van der Waals surface area contributed by atoms with Gasteiger partial charge in [0.2, 0.25) is 0 Å². The van der Waals surface area contributed by atoms with Gasteiger partial charge in [-0.05, 0) is 19.8 Å². The average Bonchev–Trinajstić information content (AvgIpc) is 3.04. The highest BCUT2D eigenvalue weighted by molar-refractivity contribution is 7.74. The lowest BCUT2D eigenvalue weighted by Gasteiger charge is -2.24. The molecule has 0 aromatic carbocycles. The number of fused-ring (bicyclic) bond motifs is 1. The molecule has 3 rings (SSSR count). The number of aliphatic hydroxyl groups is 2. The maximum absolute atomic E-state index is 10.7. The van der Waals surface area contributed by atoms with Gasteiger partial charge in [0.15, 0.2) is 22.2 Å². The van der Waals surface area contributed by atoms with Crippen molar-refractivity contribution in [3.8, 4) is 0 Å². The predicted molar refractivity (Wildman–Crippen MR) is 113 cm³/mol. The van der Waals surface area contributed by atoms with Crippen LogP contribution in [0.5, 0.6) is 0 Å². The smallest absolute Gasteiger partial charge is 0.285 e. The normalized spacial score (nSPS) is 27.1. The first-order valence-corrected chi connectivity index (χ1v) is 12.2. The molecule has 0 amide bonds. The number of H-pyrrole nitrogens is 1. The Bertz CT molecular complexity index is 879. The third-order valence-electron chi connectivity index (χ3n) is 5.62. The quantitative estimate of drug-likeness (QED) is 0.307. The van der Waals surface area contributed by atoms with E-state index in [1.165, 1.54) is 12.7 Å². The minimum absolute atomic E-state index is 0.117. The molecule has 1 aliphatic heterocycles. The van der Waals surface area contributed by atoms with Crippen LogP contribution >= 0.6 is 19.9 Å². The minimum Gasteiger partial charge on any atom is -0.394 e. The summed E-state index contributed by atoms with van der Waals surface area (Å²) in [6, 6.07) is 0. The number of nitrogens with zero attached hydrogens (tertiary/aromatic N) is 3. The summed E-state index contributed by atoms with van der Waals surface area (Å²) in [5, 5.41) is 19.8. The zero-order chi connectivity index (χ0) is 21.2. The summed E-state index contributed by atoms with van der Waals surface area (Å²) in [5.41, 5.74) is 1.57. The largest absolute Gasteiger partial charge is 0.394 e. The molecular formula is C18H30N4O5PS+. The lowest BCUT2D eigenvalue weighted by Crippen LogP contribution is -2.30. The van der Waals surface area contributed by atoms with Gasteiger partial charge in [0, 0.05) is 6.42 Å². The van der Waals surface area contributed by atoms with Gasteiger partial charge in [-0.15, -0.1) is 0 Å². The molecule has 11 heteroatoms. The first kappa shape index (κ1) is 22.7. The van der Waals surface area contributed by atoms with Crippen molar-refractivity contribution in [2.24, 2.45) is 0 Å². The molecule has 3 heterocycles. The number of nitrogens with one attached hydrogen (secondary N) is 1. The third kappa shape index (κ3) is 4.54. The topological polar surface area (TPSA) is 126 Å². The number of ether oxygens (including phenoxy) is 1. The molecule has 2 aromatic heterocycles. The number of hydrogen-bond donors (Lipinski definition) is 4. The Balaban J connectivity index is 1.67. The molecule has 1 aliphatic rings. The summed E-state index contributed by atoms with van der Waals surface area (Å²) in [7, 11) is -2.30. The number of hydrogen-bond acceptors (Lipinski definition) is 8. The molecule has 1 saturated heterocycles. The Morgan fingerprint density at radius 3 is 2.76 bits per heavy atom. The average molecular weight is 446 g/mol. The van der Waals surface area contributed by atoms with Crippen LogP contribution in [0.15, 0.2) is 12.7 Å². The Morgan fingerprint density at radius 1 is 1.38 bits per heavy atom. The highest BCUT2D eigenvalue weighted by atomic mass is 32.1. The molecule has 0 bridgehead atoms. The van der Waals surface area contributed by atoms with E-state index >= 15 is 0 Å². The Kier molecular flexibility index (Phi) is 7.37. The SMILES string of the molecule is CCC(CCO[C@@H]([C@H](O)CO)n1cnc2c(=S)nc[nH]c21)O[P+]1(O)C(C)C1CC. The van der Waals surface area contributed by atoms with E-state index in [0.29, 0.717) is 22.2 Å². The van der Waals surface area contributed by atoms with Crippen LogP contribution in [0.2, 0.25) is 0 Å². The van der Waals surface area contributed by atoms with E-state index in [4.69, 9.17) is 21.5 Å². The second-order valence-corrected chi connectivity index (χ2v) is 10.8. The first-order valence-electron chi connectivity index (χ1n) is 9.97. The summed E-state index contributed by atoms with van der Waals surface area (Å²) in [5.74, 6) is 0. The van der Waals surface area contributed by atoms with Crippen LogP contribution in [-0.4, -0.2) is 71.4 Å². The molecule has 2 aromatic rings. The summed E-state index contributed by atoms with van der Waals surface area (Å²) >= 11 is 5.17. The van der Waals surface area contributed by atoms with Crippen LogP contribution in [-0.2, 0) is 9.26 Å². The van der Waals surface area contributed by atoms with Gasteiger partial charge in [-0.1, -0.05) is 26.1 Å². The molecule has 4 unspecified atom stereocenters. The zero-order valence-corrected chi connectivity index (χ0v) is 18.6. The molecule has 162 valence electrons. The molecule has 1 fully saturated rings. The first-order chi connectivity index (χ1) is 13.9. The van der Waals surface area contributed by atoms with Crippen LogP contribution in [0.3, 0.4) is 0 Å². The fraction of sp³-hybridized carbons (Fsp3) is 0.722. The summed E-state index contributed by atoms with van der Waals surface area (Å²) in [6.07, 6.45) is 3.10. The van der Waals surface area contributed by atoms with E-state index in [9.17, 15) is 15.1 Å². The molecule has 9 nitrogen and oxygen atoms in total. The van der Waals surface area contributed by atoms with E-state index in [0.717, 1.165) is 12.8 Å². The molecular weight excluding hydrogens is 415 g/mol. The summed E-state index contributed by atoms with van der Waals surface area (Å²) < 4.78 is 14.0. The van der Waals surface area contributed by atoms with Gasteiger partial charge >= 0.3 is 0 Å². The minimum atomic E-state index is -2.30. The van der Waals surface area contributed by atoms with Crippen molar-refractivity contribution in [1.82, 2.24) is 19.5 Å². The van der Waals surface area contributed by atoms with Crippen LogP contribution in [0.25, 0.3) is 11.2 Å². The van der Waals surface area contributed by atoms with Crippen molar-refractivity contribution in [2.75, 3.05) is 13.2 Å². The molecule has 0 radical (unpaired) electrons. The number of imidazole rings is 1. The zero-order valence-electron chi connectivity index (χ0n) is 16.9. The van der Waals surface area contributed by atoms with Gasteiger partial charge in [-0.25, -0.2) is 19.4 Å². The highest BCUT2D eigenvalue weighted by Crippen LogP contribution is 2.83. The van der Waals surface area contributed by atoms with Gasteiger partial charge in [0.05, 0.1) is 25.9 Å². The molecule has 0 saturated carbocycles. The monoisotopic (exact) mass is 445 g/mol. The maximum Gasteiger partial charge on any atom is 0.285 e. The second kappa shape index (κ2) is 9.43. The lowest BCUT2D eigenvalue weighted by atomic mass is 10.2. The third-order valence-corrected chi connectivity index (χ3v) is 9.50. The van der Waals surface area contributed by atoms with E-state index in [-0.39, 0.29) is 24.0 Å². The van der Waals surface area contributed by atoms with Crippen molar-refractivity contribution >= 4 is 31.1 Å². The fourth-order valence-corrected chi connectivity index (χ4v) is 7.14. The van der Waals surface area contributed by atoms with Gasteiger partial charge in [-0.2, -0.15) is 0 Å². The number of aromatic nitrogens is 4. The molecule has 29 heavy (non-hydrogen) atoms. The molecule has 0 spiro atoms. The van der Waals surface area contributed by atoms with Gasteiger partial charge < -0.3 is 19.9 Å². The Hall–Kier alpha value is -1.00. The van der Waals surface area contributed by atoms with Crippen LogP contribution < -0.4 is 0 Å². The molecule has 4 N–H and O–H groups in total. The Labute approximate surface area is 175 Å². The summed E-state index contributed by atoms with van der Waals surface area (Å²) in [4.78, 5) is 21.9. The summed E-state index contributed by atoms with van der Waals surface area (Å²) in [6.45, 7) is 5.95. The van der Waals surface area contributed by atoms with Crippen molar-refractivity contribution in [2.45, 2.75) is 69.8 Å². The molecule has 0 aliphatic carbocycles. The van der Waals surface area contributed by atoms with Gasteiger partial charge in [-0.3, -0.25) is 4.57 Å². The number of aromatic amines is 1. The molecule has 6 atom stereocenters. The Morgan fingerprint density at radius 2 is 2.14 bits per heavy atom. The van der Waals surface area contributed by atoms with Gasteiger partial charge in [0.25, 0.3) is 7.72 Å². The van der Waals surface area contributed by atoms with Gasteiger partial charge in [0.1, 0.15) is 23.4 Å². The highest BCUT2D eigenvalue weighted by Gasteiger charge is 2.74. The fourth-order valence-electron chi connectivity index (χ4n) is 3.73. The van der Waals surface area contributed by atoms with Crippen molar-refractivity contribution < 1.29 is 24.4 Å². The maximum atomic E-state index is 10.7. The second-order valence-electron chi connectivity index (χ2n) is 7.38. The lowest BCUT2D eigenvalue weighted by molar-refractivity contribution is -0.100. The van der Waals surface area contributed by atoms with Crippen LogP contribution in [0.4, 0.5) is 0 Å². The predicted octanol–water partition coefficient (Wildman–Crippen LogP) is 2.56. The van der Waals surface area contributed by atoms with Crippen molar-refractivity contribution in [3.05, 3.63) is 17.3 Å². The van der Waals surface area contributed by atoms with Crippen molar-refractivity contribution in [1.29, 1.82) is 0 Å². The van der Waals surface area contributed by atoms with E-state index in [1.54, 1.807) is 4.57 Å². The van der Waals surface area contributed by atoms with Crippen LogP contribution in [0.1, 0.15) is 46.3 Å². The number of rotatable bonds is 11. The van der Waals surface area contributed by atoms with Crippen LogP contribution in [0, 0.1) is 4.64 Å². The van der Waals surface area contributed by atoms with Crippen molar-refractivity contribution in [3.63, 3.8) is 0 Å². The standard InChI is InChI=1S/C18H29N4O5PS/c1-4-12(27-28(25)11(3)14(28)5-2)6-7-26-18(13(24)8-23)22-10-21-15-16(22)19-9-20-17(15)29/h9-14,18,23-25H,4-8H2,1-3H3/p+1/t11?,12?,13-,14?,18+,28?/m1/s1. The van der Waals surface area contributed by atoms with E-state index < -0.39 is 26.7 Å². The van der Waals surface area contributed by atoms with E-state index in [2.05, 4.69) is 21.9 Å². The van der Waals surface area contributed by atoms with E-state index in [1.807, 2.05) is 13.8 Å². The number of aliphatic hydroxyl groups excluding tert-OH is 2.